The monoisotopic (exact) mass is 286 g/mol. The van der Waals surface area contributed by atoms with Crippen LogP contribution in [-0.2, 0) is 21.1 Å². The summed E-state index contributed by atoms with van der Waals surface area (Å²) in [4.78, 5) is 12.0. The van der Waals surface area contributed by atoms with Gasteiger partial charge in [-0.2, -0.15) is 0 Å². The van der Waals surface area contributed by atoms with Crippen LogP contribution >= 0.6 is 11.8 Å². The van der Waals surface area contributed by atoms with Gasteiger partial charge in [0.15, 0.2) is 0 Å². The Balaban J connectivity index is 2.10. The molecule has 0 saturated carbocycles. The highest BCUT2D eigenvalue weighted by atomic mass is 32.2. The molecule has 2 rings (SSSR count). The van der Waals surface area contributed by atoms with Crippen LogP contribution in [0.15, 0.2) is 17.0 Å². The summed E-state index contributed by atoms with van der Waals surface area (Å²) in [6, 6.07) is 3.58. The van der Waals surface area contributed by atoms with E-state index in [1.807, 2.05) is 6.07 Å². The summed E-state index contributed by atoms with van der Waals surface area (Å²) in [5, 5.41) is 2.75. The average molecular weight is 286 g/mol. The van der Waals surface area contributed by atoms with Crippen LogP contribution < -0.4 is 11.1 Å². The van der Waals surface area contributed by atoms with Crippen LogP contribution in [0.1, 0.15) is 5.56 Å². The van der Waals surface area contributed by atoms with E-state index in [2.05, 4.69) is 5.32 Å². The van der Waals surface area contributed by atoms with Crippen molar-refractivity contribution in [3.8, 4) is 0 Å². The second-order valence-electron chi connectivity index (χ2n) is 4.25. The van der Waals surface area contributed by atoms with Gasteiger partial charge in [0.2, 0.25) is 5.91 Å². The number of rotatable bonds is 4. The van der Waals surface area contributed by atoms with Gasteiger partial charge < -0.3 is 11.1 Å². The maximum atomic E-state index is 11.2. The highest BCUT2D eigenvalue weighted by Gasteiger charge is 2.19. The molecule has 0 radical (unpaired) electrons. The quantitative estimate of drug-likeness (QED) is 0.634. The van der Waals surface area contributed by atoms with Gasteiger partial charge >= 0.3 is 0 Å². The van der Waals surface area contributed by atoms with Crippen LogP contribution in [0, 0.1) is 0 Å². The Morgan fingerprint density at radius 3 is 2.83 bits per heavy atom. The highest BCUT2D eigenvalue weighted by molar-refractivity contribution is 8.00. The zero-order valence-electron chi connectivity index (χ0n) is 9.89. The number of hydrogen-bond donors (Lipinski definition) is 2. The van der Waals surface area contributed by atoms with E-state index in [1.54, 1.807) is 6.07 Å². The molecule has 0 saturated heterocycles. The Labute approximate surface area is 110 Å². The number of anilines is 2. The van der Waals surface area contributed by atoms with Crippen molar-refractivity contribution < 1.29 is 13.2 Å². The van der Waals surface area contributed by atoms with Crippen LogP contribution in [0.3, 0.4) is 0 Å². The third kappa shape index (κ3) is 3.17. The van der Waals surface area contributed by atoms with E-state index in [9.17, 15) is 13.2 Å². The Morgan fingerprint density at radius 1 is 1.44 bits per heavy atom. The van der Waals surface area contributed by atoms with Gasteiger partial charge in [-0.1, -0.05) is 0 Å². The lowest BCUT2D eigenvalue weighted by molar-refractivity contribution is -0.115. The third-order valence-corrected chi connectivity index (χ3v) is 4.85. The molecule has 1 amide bonds. The molecule has 18 heavy (non-hydrogen) atoms. The third-order valence-electron chi connectivity index (χ3n) is 2.57. The summed E-state index contributed by atoms with van der Waals surface area (Å²) < 4.78 is 22.1. The van der Waals surface area contributed by atoms with E-state index < -0.39 is 9.84 Å². The molecule has 0 aromatic heterocycles. The number of nitrogens with one attached hydrogen (secondary N) is 1. The first-order chi connectivity index (χ1) is 8.35. The fraction of sp³-hybridized carbons (Fsp3) is 0.364. The zero-order chi connectivity index (χ0) is 13.3. The molecule has 0 fully saturated rings. The van der Waals surface area contributed by atoms with Gasteiger partial charge in [0.05, 0.1) is 12.2 Å². The van der Waals surface area contributed by atoms with Gasteiger partial charge in [0.1, 0.15) is 9.84 Å². The van der Waals surface area contributed by atoms with E-state index >= 15 is 0 Å². The average Bonchev–Trinajstić information content (AvgIpc) is 2.55. The summed E-state index contributed by atoms with van der Waals surface area (Å²) in [6.45, 7) is 0. The smallest absolute Gasteiger partial charge is 0.228 e. The first-order valence-electron chi connectivity index (χ1n) is 5.38. The van der Waals surface area contributed by atoms with E-state index in [0.717, 1.165) is 16.1 Å². The molecule has 0 bridgehead atoms. The molecule has 3 N–H and O–H groups in total. The Bertz CT molecular complexity index is 597. The minimum Gasteiger partial charge on any atom is -0.398 e. The summed E-state index contributed by atoms with van der Waals surface area (Å²) in [5.74, 6) is 0.527. The molecule has 1 aliphatic heterocycles. The standard InChI is InChI=1S/C11H14N2O3S2/c1-18(15,16)3-2-17-10-6-9-7(4-8(10)12)5-11(14)13-9/h4,6H,2-3,5,12H2,1H3,(H,13,14). The Hall–Kier alpha value is -1.21. The predicted octanol–water partition coefficient (Wildman–Crippen LogP) is 0.900. The fourth-order valence-electron chi connectivity index (χ4n) is 1.70. The van der Waals surface area contributed by atoms with E-state index in [1.165, 1.54) is 18.0 Å². The van der Waals surface area contributed by atoms with Gasteiger partial charge in [-0.3, -0.25) is 4.79 Å². The van der Waals surface area contributed by atoms with Crippen LogP contribution in [0.4, 0.5) is 11.4 Å². The number of benzene rings is 1. The molecule has 1 heterocycles. The largest absolute Gasteiger partial charge is 0.398 e. The van der Waals surface area contributed by atoms with Crippen LogP contribution in [0.5, 0.6) is 0 Å². The first kappa shape index (κ1) is 13.2. The lowest BCUT2D eigenvalue weighted by Gasteiger charge is -2.08. The molecule has 0 aliphatic carbocycles. The zero-order valence-corrected chi connectivity index (χ0v) is 11.5. The number of hydrogen-bond acceptors (Lipinski definition) is 5. The van der Waals surface area contributed by atoms with Gasteiger partial charge in [-0.05, 0) is 17.7 Å². The maximum Gasteiger partial charge on any atom is 0.228 e. The SMILES string of the molecule is CS(=O)(=O)CCSc1cc2c(cc1N)CC(=O)N2. The van der Waals surface area contributed by atoms with Crippen molar-refractivity contribution >= 4 is 38.9 Å². The molecule has 1 aliphatic rings. The van der Waals surface area contributed by atoms with Gasteiger partial charge in [-0.25, -0.2) is 8.42 Å². The summed E-state index contributed by atoms with van der Waals surface area (Å²) in [5.41, 5.74) is 8.13. The first-order valence-corrected chi connectivity index (χ1v) is 8.42. The molecule has 5 nitrogen and oxygen atoms in total. The Kier molecular flexibility index (Phi) is 3.54. The second-order valence-corrected chi connectivity index (χ2v) is 7.65. The predicted molar refractivity (Wildman–Crippen MR) is 73.6 cm³/mol. The van der Waals surface area contributed by atoms with E-state index in [-0.39, 0.29) is 11.7 Å². The van der Waals surface area contributed by atoms with Crippen molar-refractivity contribution in [1.29, 1.82) is 0 Å². The molecule has 7 heteroatoms. The normalized spacial score (nSPS) is 14.4. The topological polar surface area (TPSA) is 89.3 Å². The highest BCUT2D eigenvalue weighted by Crippen LogP contribution is 2.33. The van der Waals surface area contributed by atoms with Crippen LogP contribution in [-0.4, -0.2) is 32.1 Å². The van der Waals surface area contributed by atoms with E-state index in [0.29, 0.717) is 17.9 Å². The fourth-order valence-corrected chi connectivity index (χ4v) is 3.89. The molecule has 1 aromatic rings. The summed E-state index contributed by atoms with van der Waals surface area (Å²) >= 11 is 1.39. The Morgan fingerprint density at radius 2 is 2.17 bits per heavy atom. The lowest BCUT2D eigenvalue weighted by atomic mass is 10.1. The van der Waals surface area contributed by atoms with E-state index in [4.69, 9.17) is 5.73 Å². The molecule has 1 aromatic carbocycles. The number of amides is 1. The number of sulfone groups is 1. The number of fused-ring (bicyclic) bond motifs is 1. The van der Waals surface area contributed by atoms with Crippen molar-refractivity contribution in [2.75, 3.05) is 28.8 Å². The minimum absolute atomic E-state index is 0.0392. The number of carbonyl (C=O) groups is 1. The lowest BCUT2D eigenvalue weighted by Crippen LogP contribution is -2.05. The molecule has 98 valence electrons. The second kappa shape index (κ2) is 4.81. The number of carbonyl (C=O) groups excluding carboxylic acids is 1. The minimum atomic E-state index is -2.96. The van der Waals surface area contributed by atoms with Crippen LogP contribution in [0.25, 0.3) is 0 Å². The summed E-state index contributed by atoms with van der Waals surface area (Å²) in [7, 11) is -2.96. The van der Waals surface area contributed by atoms with Gasteiger partial charge in [-0.15, -0.1) is 11.8 Å². The molecule has 0 atom stereocenters. The van der Waals surface area contributed by atoms with Crippen molar-refractivity contribution in [1.82, 2.24) is 0 Å². The van der Waals surface area contributed by atoms with Crippen molar-refractivity contribution in [2.45, 2.75) is 11.3 Å². The maximum absolute atomic E-state index is 11.2. The molecule has 0 spiro atoms. The van der Waals surface area contributed by atoms with Crippen molar-refractivity contribution in [3.63, 3.8) is 0 Å². The molecular formula is C11H14N2O3S2. The van der Waals surface area contributed by atoms with Gasteiger partial charge in [0, 0.05) is 28.3 Å². The van der Waals surface area contributed by atoms with Crippen molar-refractivity contribution in [3.05, 3.63) is 17.7 Å². The summed E-state index contributed by atoms with van der Waals surface area (Å²) in [6.07, 6.45) is 1.56. The van der Waals surface area contributed by atoms with Crippen molar-refractivity contribution in [2.24, 2.45) is 0 Å². The number of nitrogen functional groups attached to an aromatic ring is 1. The number of nitrogens with two attached hydrogens (primary N) is 1. The molecular weight excluding hydrogens is 272 g/mol. The number of thioether (sulfide) groups is 1. The van der Waals surface area contributed by atoms with Gasteiger partial charge in [0.25, 0.3) is 0 Å². The van der Waals surface area contributed by atoms with Crippen LogP contribution in [0.2, 0.25) is 0 Å². The molecule has 0 unspecified atom stereocenters.